The first-order valence-corrected chi connectivity index (χ1v) is 8.29. The summed E-state index contributed by atoms with van der Waals surface area (Å²) >= 11 is 5.31. The highest BCUT2D eigenvalue weighted by molar-refractivity contribution is 9.09. The van der Waals surface area contributed by atoms with Crippen LogP contribution in [0.15, 0.2) is 24.3 Å². The number of hydrogen-bond acceptors (Lipinski definition) is 3. The van der Waals surface area contributed by atoms with Gasteiger partial charge in [0.2, 0.25) is 0 Å². The van der Waals surface area contributed by atoms with Crippen molar-refractivity contribution in [3.05, 3.63) is 29.3 Å². The number of halogens is 1. The molecule has 0 aliphatic rings. The second-order valence-corrected chi connectivity index (χ2v) is 6.59. The number of para-hydroxylation sites is 1. The van der Waals surface area contributed by atoms with Crippen LogP contribution in [0.3, 0.4) is 0 Å². The molecule has 0 fully saturated rings. The molecule has 98 valence electrons. The molecule has 0 saturated carbocycles. The molecule has 0 aliphatic heterocycles. The first-order chi connectivity index (χ1) is 8.70. The van der Waals surface area contributed by atoms with E-state index in [1.54, 1.807) is 0 Å². The minimum atomic E-state index is 0.566. The molecule has 18 heavy (non-hydrogen) atoms. The van der Waals surface area contributed by atoms with Crippen LogP contribution < -0.4 is 0 Å². The number of alkyl halides is 1. The fraction of sp³-hybridized carbons (Fsp3) is 0.500. The molecule has 0 amide bonds. The SMILES string of the molecule is CC(C)N(CCCBr)Cc1nc2ccccc2s1. The highest BCUT2D eigenvalue weighted by Gasteiger charge is 2.12. The smallest absolute Gasteiger partial charge is 0.108 e. The fourth-order valence-corrected chi connectivity index (χ4v) is 3.19. The van der Waals surface area contributed by atoms with E-state index in [2.05, 4.69) is 58.9 Å². The van der Waals surface area contributed by atoms with Gasteiger partial charge in [-0.2, -0.15) is 0 Å². The van der Waals surface area contributed by atoms with Gasteiger partial charge in [0, 0.05) is 11.4 Å². The second kappa shape index (κ2) is 6.64. The zero-order valence-corrected chi connectivity index (χ0v) is 13.3. The lowest BCUT2D eigenvalue weighted by molar-refractivity contribution is 0.214. The van der Waals surface area contributed by atoms with Gasteiger partial charge in [-0.05, 0) is 38.9 Å². The van der Waals surface area contributed by atoms with Crippen LogP contribution in [0.5, 0.6) is 0 Å². The Morgan fingerprint density at radius 3 is 2.78 bits per heavy atom. The highest BCUT2D eigenvalue weighted by atomic mass is 79.9. The lowest BCUT2D eigenvalue weighted by atomic mass is 10.3. The van der Waals surface area contributed by atoms with E-state index in [0.29, 0.717) is 6.04 Å². The summed E-state index contributed by atoms with van der Waals surface area (Å²) in [6, 6.07) is 8.94. The van der Waals surface area contributed by atoms with Crippen LogP contribution >= 0.6 is 27.3 Å². The standard InChI is InChI=1S/C14H19BrN2S/c1-11(2)17(9-5-8-15)10-14-16-12-6-3-4-7-13(12)18-14/h3-4,6-7,11H,5,8-10H2,1-2H3. The number of fused-ring (bicyclic) bond motifs is 1. The van der Waals surface area contributed by atoms with E-state index in [-0.39, 0.29) is 0 Å². The summed E-state index contributed by atoms with van der Waals surface area (Å²) < 4.78 is 1.29. The Morgan fingerprint density at radius 1 is 1.33 bits per heavy atom. The predicted octanol–water partition coefficient (Wildman–Crippen LogP) is 4.29. The summed E-state index contributed by atoms with van der Waals surface area (Å²) in [7, 11) is 0. The molecule has 1 aromatic carbocycles. The van der Waals surface area contributed by atoms with Crippen molar-refractivity contribution < 1.29 is 0 Å². The van der Waals surface area contributed by atoms with Crippen molar-refractivity contribution in [2.24, 2.45) is 0 Å². The molecule has 0 N–H and O–H groups in total. The van der Waals surface area contributed by atoms with Gasteiger partial charge in [-0.1, -0.05) is 28.1 Å². The molecule has 0 saturated heterocycles. The van der Waals surface area contributed by atoms with E-state index < -0.39 is 0 Å². The predicted molar refractivity (Wildman–Crippen MR) is 83.6 cm³/mol. The molecule has 0 bridgehead atoms. The van der Waals surface area contributed by atoms with Gasteiger partial charge in [-0.25, -0.2) is 4.98 Å². The van der Waals surface area contributed by atoms with Crippen LogP contribution in [-0.4, -0.2) is 27.8 Å². The summed E-state index contributed by atoms with van der Waals surface area (Å²) in [5.41, 5.74) is 1.13. The monoisotopic (exact) mass is 326 g/mol. The minimum Gasteiger partial charge on any atom is -0.294 e. The van der Waals surface area contributed by atoms with Crippen molar-refractivity contribution in [1.82, 2.24) is 9.88 Å². The van der Waals surface area contributed by atoms with Gasteiger partial charge in [-0.15, -0.1) is 11.3 Å². The molecule has 1 heterocycles. The Balaban J connectivity index is 2.10. The lowest BCUT2D eigenvalue weighted by Gasteiger charge is -2.24. The second-order valence-electron chi connectivity index (χ2n) is 4.68. The molecular weight excluding hydrogens is 308 g/mol. The number of rotatable bonds is 6. The average Bonchev–Trinajstić information content (AvgIpc) is 2.76. The third-order valence-electron chi connectivity index (χ3n) is 2.99. The summed E-state index contributed by atoms with van der Waals surface area (Å²) in [4.78, 5) is 7.19. The van der Waals surface area contributed by atoms with Gasteiger partial charge in [-0.3, -0.25) is 4.90 Å². The minimum absolute atomic E-state index is 0.566. The maximum Gasteiger partial charge on any atom is 0.108 e. The molecule has 0 spiro atoms. The first kappa shape index (κ1) is 14.0. The Hall–Kier alpha value is -0.450. The van der Waals surface area contributed by atoms with Crippen LogP contribution in [0.1, 0.15) is 25.3 Å². The van der Waals surface area contributed by atoms with Crippen molar-refractivity contribution in [2.45, 2.75) is 32.9 Å². The number of aromatic nitrogens is 1. The van der Waals surface area contributed by atoms with Crippen LogP contribution in [-0.2, 0) is 6.54 Å². The van der Waals surface area contributed by atoms with E-state index in [4.69, 9.17) is 4.98 Å². The van der Waals surface area contributed by atoms with Crippen molar-refractivity contribution in [3.63, 3.8) is 0 Å². The van der Waals surface area contributed by atoms with Crippen molar-refractivity contribution >= 4 is 37.5 Å². The van der Waals surface area contributed by atoms with Crippen LogP contribution in [0.25, 0.3) is 10.2 Å². The van der Waals surface area contributed by atoms with Gasteiger partial charge in [0.15, 0.2) is 0 Å². The van der Waals surface area contributed by atoms with Crippen LogP contribution in [0.2, 0.25) is 0 Å². The van der Waals surface area contributed by atoms with Crippen molar-refractivity contribution in [2.75, 3.05) is 11.9 Å². The zero-order valence-electron chi connectivity index (χ0n) is 10.9. The third-order valence-corrected chi connectivity index (χ3v) is 4.57. The molecule has 2 nitrogen and oxygen atoms in total. The maximum absolute atomic E-state index is 4.71. The molecule has 0 radical (unpaired) electrons. The Kier molecular flexibility index (Phi) is 5.15. The normalized spacial score (nSPS) is 11.8. The topological polar surface area (TPSA) is 16.1 Å². The largest absolute Gasteiger partial charge is 0.294 e. The first-order valence-electron chi connectivity index (χ1n) is 6.35. The average molecular weight is 327 g/mol. The molecule has 0 unspecified atom stereocenters. The van der Waals surface area contributed by atoms with Gasteiger partial charge < -0.3 is 0 Å². The molecule has 2 rings (SSSR count). The van der Waals surface area contributed by atoms with Gasteiger partial charge in [0.25, 0.3) is 0 Å². The number of benzene rings is 1. The van der Waals surface area contributed by atoms with Gasteiger partial charge >= 0.3 is 0 Å². The Bertz CT molecular complexity index is 462. The summed E-state index contributed by atoms with van der Waals surface area (Å²) in [5.74, 6) is 0. The summed E-state index contributed by atoms with van der Waals surface area (Å²) in [6.45, 7) is 6.59. The van der Waals surface area contributed by atoms with E-state index in [1.807, 2.05) is 11.3 Å². The van der Waals surface area contributed by atoms with E-state index >= 15 is 0 Å². The number of hydrogen-bond donors (Lipinski definition) is 0. The van der Waals surface area contributed by atoms with Crippen molar-refractivity contribution in [3.8, 4) is 0 Å². The molecule has 0 aliphatic carbocycles. The third kappa shape index (κ3) is 3.53. The fourth-order valence-electron chi connectivity index (χ4n) is 1.94. The van der Waals surface area contributed by atoms with Crippen LogP contribution in [0.4, 0.5) is 0 Å². The van der Waals surface area contributed by atoms with Gasteiger partial charge in [0.1, 0.15) is 5.01 Å². The lowest BCUT2D eigenvalue weighted by Crippen LogP contribution is -2.31. The highest BCUT2D eigenvalue weighted by Crippen LogP contribution is 2.23. The Morgan fingerprint density at radius 2 is 2.11 bits per heavy atom. The van der Waals surface area contributed by atoms with Crippen molar-refractivity contribution in [1.29, 1.82) is 0 Å². The van der Waals surface area contributed by atoms with E-state index in [9.17, 15) is 0 Å². The molecule has 0 atom stereocenters. The summed E-state index contributed by atoms with van der Waals surface area (Å²) in [6.07, 6.45) is 1.18. The number of nitrogens with zero attached hydrogens (tertiary/aromatic N) is 2. The summed E-state index contributed by atoms with van der Waals surface area (Å²) in [5, 5.41) is 2.29. The van der Waals surface area contributed by atoms with E-state index in [0.717, 1.165) is 23.9 Å². The Labute approximate surface area is 121 Å². The molecule has 1 aromatic heterocycles. The van der Waals surface area contributed by atoms with E-state index in [1.165, 1.54) is 16.1 Å². The quantitative estimate of drug-likeness (QED) is 0.736. The molecular formula is C14H19BrN2S. The zero-order chi connectivity index (χ0) is 13.0. The molecule has 2 aromatic rings. The molecule has 4 heteroatoms. The van der Waals surface area contributed by atoms with Crippen LogP contribution in [0, 0.1) is 0 Å². The maximum atomic E-state index is 4.71. The number of thiazole rings is 1. The van der Waals surface area contributed by atoms with Gasteiger partial charge in [0.05, 0.1) is 16.8 Å².